The maximum atomic E-state index is 12.9. The molecule has 4 aliphatic carbocycles. The molecule has 0 aliphatic heterocycles. The normalized spacial score (nSPS) is 28.3. The van der Waals surface area contributed by atoms with Crippen LogP contribution in [0.4, 0.5) is 0 Å². The maximum absolute atomic E-state index is 12.9. The first kappa shape index (κ1) is 22.0. The van der Waals surface area contributed by atoms with E-state index in [9.17, 15) is 9.59 Å². The van der Waals surface area contributed by atoms with Crippen molar-refractivity contribution >= 4 is 11.9 Å². The number of esters is 1. The summed E-state index contributed by atoms with van der Waals surface area (Å²) in [6.45, 7) is 5.32. The summed E-state index contributed by atoms with van der Waals surface area (Å²) in [5.41, 5.74) is 0.741. The van der Waals surface area contributed by atoms with E-state index in [4.69, 9.17) is 14.2 Å². The summed E-state index contributed by atoms with van der Waals surface area (Å²) in [5.74, 6) is 3.12. The van der Waals surface area contributed by atoms with Gasteiger partial charge in [0.1, 0.15) is 0 Å². The monoisotopic (exact) mass is 429 g/mol. The highest BCUT2D eigenvalue weighted by atomic mass is 16.5. The van der Waals surface area contributed by atoms with Crippen molar-refractivity contribution in [3.8, 4) is 11.5 Å². The van der Waals surface area contributed by atoms with Crippen molar-refractivity contribution in [2.24, 2.45) is 23.2 Å². The zero-order valence-corrected chi connectivity index (χ0v) is 18.8. The number of amides is 1. The van der Waals surface area contributed by atoms with Gasteiger partial charge in [0.15, 0.2) is 18.1 Å². The predicted octanol–water partition coefficient (Wildman–Crippen LogP) is 3.90. The number of nitrogens with one attached hydrogen (secondary N) is 1. The number of benzene rings is 1. The van der Waals surface area contributed by atoms with E-state index in [1.165, 1.54) is 19.3 Å². The molecule has 0 heterocycles. The largest absolute Gasteiger partial charge is 0.490 e. The van der Waals surface area contributed by atoms with Gasteiger partial charge in [-0.2, -0.15) is 0 Å². The third-order valence-corrected chi connectivity index (χ3v) is 7.15. The van der Waals surface area contributed by atoms with E-state index in [0.717, 1.165) is 36.3 Å². The SMILES string of the molecule is CCOc1ccc(CCNC(=O)COC(=O)C23CC4CC(CC(C4)C2)C3)cc1OCC. The molecule has 170 valence electrons. The molecular formula is C25H35NO5. The molecule has 4 fully saturated rings. The molecule has 6 nitrogen and oxygen atoms in total. The Morgan fingerprint density at radius 1 is 0.968 bits per heavy atom. The summed E-state index contributed by atoms with van der Waals surface area (Å²) in [5, 5.41) is 2.86. The molecule has 0 saturated heterocycles. The van der Waals surface area contributed by atoms with Crippen LogP contribution in [-0.4, -0.2) is 38.2 Å². The Hall–Kier alpha value is -2.24. The average molecular weight is 430 g/mol. The molecular weight excluding hydrogens is 394 g/mol. The summed E-state index contributed by atoms with van der Waals surface area (Å²) < 4.78 is 16.7. The summed E-state index contributed by atoms with van der Waals surface area (Å²) in [6.07, 6.45) is 7.38. The fraction of sp³-hybridized carbons (Fsp3) is 0.680. The van der Waals surface area contributed by atoms with E-state index in [1.807, 2.05) is 32.0 Å². The van der Waals surface area contributed by atoms with Crippen LogP contribution in [0.5, 0.6) is 11.5 Å². The number of rotatable bonds is 10. The topological polar surface area (TPSA) is 73.9 Å². The first-order valence-electron chi connectivity index (χ1n) is 11.8. The molecule has 0 unspecified atom stereocenters. The van der Waals surface area contributed by atoms with Crippen LogP contribution < -0.4 is 14.8 Å². The zero-order chi connectivity index (χ0) is 21.8. The third kappa shape index (κ3) is 4.99. The number of carbonyl (C=O) groups excluding carboxylic acids is 2. The van der Waals surface area contributed by atoms with E-state index in [1.54, 1.807) is 0 Å². The van der Waals surface area contributed by atoms with Crippen LogP contribution in [0, 0.1) is 23.2 Å². The highest BCUT2D eigenvalue weighted by Gasteiger charge is 2.55. The maximum Gasteiger partial charge on any atom is 0.312 e. The van der Waals surface area contributed by atoms with Crippen LogP contribution in [0.3, 0.4) is 0 Å². The molecule has 4 saturated carbocycles. The van der Waals surface area contributed by atoms with E-state index < -0.39 is 0 Å². The van der Waals surface area contributed by atoms with Crippen molar-refractivity contribution in [3.63, 3.8) is 0 Å². The second-order valence-corrected chi connectivity index (χ2v) is 9.52. The lowest BCUT2D eigenvalue weighted by Gasteiger charge is -2.55. The molecule has 4 aliphatic rings. The molecule has 1 aromatic carbocycles. The van der Waals surface area contributed by atoms with Crippen molar-refractivity contribution in [1.82, 2.24) is 5.32 Å². The predicted molar refractivity (Wildman–Crippen MR) is 117 cm³/mol. The van der Waals surface area contributed by atoms with Gasteiger partial charge in [0.2, 0.25) is 0 Å². The molecule has 6 heteroatoms. The Labute approximate surface area is 185 Å². The molecule has 0 aromatic heterocycles. The number of carbonyl (C=O) groups is 2. The van der Waals surface area contributed by atoms with Gasteiger partial charge in [0, 0.05) is 6.54 Å². The molecule has 1 amide bonds. The number of ether oxygens (including phenoxy) is 3. The van der Waals surface area contributed by atoms with Gasteiger partial charge in [-0.1, -0.05) is 6.07 Å². The molecule has 0 atom stereocenters. The van der Waals surface area contributed by atoms with Crippen molar-refractivity contribution in [2.75, 3.05) is 26.4 Å². The van der Waals surface area contributed by atoms with Gasteiger partial charge in [0.05, 0.1) is 18.6 Å². The quantitative estimate of drug-likeness (QED) is 0.571. The first-order chi connectivity index (χ1) is 15.0. The lowest BCUT2D eigenvalue weighted by molar-refractivity contribution is -0.173. The van der Waals surface area contributed by atoms with Crippen molar-refractivity contribution < 1.29 is 23.8 Å². The van der Waals surface area contributed by atoms with Crippen LogP contribution in [-0.2, 0) is 20.7 Å². The minimum absolute atomic E-state index is 0.144. The smallest absolute Gasteiger partial charge is 0.312 e. The van der Waals surface area contributed by atoms with Gasteiger partial charge < -0.3 is 19.5 Å². The fourth-order valence-corrected chi connectivity index (χ4v) is 6.29. The van der Waals surface area contributed by atoms with Crippen molar-refractivity contribution in [2.45, 2.75) is 58.8 Å². The molecule has 0 radical (unpaired) electrons. The molecule has 31 heavy (non-hydrogen) atoms. The van der Waals surface area contributed by atoms with Gasteiger partial charge in [-0.15, -0.1) is 0 Å². The molecule has 5 rings (SSSR count). The molecule has 0 spiro atoms. The lowest BCUT2D eigenvalue weighted by atomic mass is 9.49. The van der Waals surface area contributed by atoms with Crippen LogP contribution in [0.15, 0.2) is 18.2 Å². The number of hydrogen-bond donors (Lipinski definition) is 1. The third-order valence-electron chi connectivity index (χ3n) is 7.15. The standard InChI is InChI=1S/C25H35NO5/c1-3-29-21-6-5-17(12-22(21)30-4-2)7-8-26-23(27)16-31-24(28)25-13-18-9-19(14-25)11-20(10-18)15-25/h5-6,12,18-20H,3-4,7-11,13-16H2,1-2H3,(H,26,27). The molecule has 1 aromatic rings. The molecule has 4 bridgehead atoms. The van der Waals surface area contributed by atoms with Gasteiger partial charge in [-0.05, 0) is 94.2 Å². The fourth-order valence-electron chi connectivity index (χ4n) is 6.29. The van der Waals surface area contributed by atoms with Gasteiger partial charge in [-0.3, -0.25) is 9.59 Å². The van der Waals surface area contributed by atoms with Crippen molar-refractivity contribution in [1.29, 1.82) is 0 Å². The highest BCUT2D eigenvalue weighted by Crippen LogP contribution is 2.60. The second-order valence-electron chi connectivity index (χ2n) is 9.52. The Morgan fingerprint density at radius 3 is 2.19 bits per heavy atom. The van der Waals surface area contributed by atoms with E-state index in [2.05, 4.69) is 5.32 Å². The first-order valence-corrected chi connectivity index (χ1v) is 11.8. The Kier molecular flexibility index (Phi) is 6.73. The van der Waals surface area contributed by atoms with Crippen LogP contribution in [0.25, 0.3) is 0 Å². The minimum atomic E-state index is -0.312. The van der Waals surface area contributed by atoms with Gasteiger partial charge in [-0.25, -0.2) is 0 Å². The van der Waals surface area contributed by atoms with E-state index in [0.29, 0.717) is 43.9 Å². The summed E-state index contributed by atoms with van der Waals surface area (Å²) >= 11 is 0. The zero-order valence-electron chi connectivity index (χ0n) is 18.8. The molecule has 1 N–H and O–H groups in total. The Morgan fingerprint density at radius 2 is 1.58 bits per heavy atom. The average Bonchev–Trinajstić information content (AvgIpc) is 2.73. The summed E-state index contributed by atoms with van der Waals surface area (Å²) in [6, 6.07) is 5.83. The van der Waals surface area contributed by atoms with Crippen LogP contribution in [0.2, 0.25) is 0 Å². The van der Waals surface area contributed by atoms with Crippen LogP contribution in [0.1, 0.15) is 57.9 Å². The Bertz CT molecular complexity index is 770. The number of hydrogen-bond acceptors (Lipinski definition) is 5. The van der Waals surface area contributed by atoms with E-state index in [-0.39, 0.29) is 23.9 Å². The Balaban J connectivity index is 1.22. The van der Waals surface area contributed by atoms with Gasteiger partial charge in [0.25, 0.3) is 5.91 Å². The highest BCUT2D eigenvalue weighted by molar-refractivity contribution is 5.83. The summed E-state index contributed by atoms with van der Waals surface area (Å²) in [4.78, 5) is 25.1. The summed E-state index contributed by atoms with van der Waals surface area (Å²) in [7, 11) is 0. The minimum Gasteiger partial charge on any atom is -0.490 e. The second kappa shape index (κ2) is 9.49. The van der Waals surface area contributed by atoms with Gasteiger partial charge >= 0.3 is 5.97 Å². The van der Waals surface area contributed by atoms with Crippen molar-refractivity contribution in [3.05, 3.63) is 23.8 Å². The van der Waals surface area contributed by atoms with Crippen LogP contribution >= 0.6 is 0 Å². The lowest BCUT2D eigenvalue weighted by Crippen LogP contribution is -2.51. The van der Waals surface area contributed by atoms with E-state index >= 15 is 0 Å².